The van der Waals surface area contributed by atoms with Crippen molar-refractivity contribution in [2.75, 3.05) is 20.4 Å². The molecular formula is C11H14FNO2. The van der Waals surface area contributed by atoms with Crippen molar-refractivity contribution in [1.29, 1.82) is 0 Å². The maximum absolute atomic E-state index is 13.6. The van der Waals surface area contributed by atoms with Gasteiger partial charge in [0.25, 0.3) is 0 Å². The van der Waals surface area contributed by atoms with Crippen molar-refractivity contribution in [3.05, 3.63) is 29.1 Å². The topological polar surface area (TPSA) is 30.5 Å². The van der Waals surface area contributed by atoms with Crippen LogP contribution in [0.3, 0.4) is 0 Å². The van der Waals surface area contributed by atoms with Gasteiger partial charge in [-0.1, -0.05) is 0 Å². The van der Waals surface area contributed by atoms with Gasteiger partial charge in [0.1, 0.15) is 6.10 Å². The third-order valence-corrected chi connectivity index (χ3v) is 2.48. The van der Waals surface area contributed by atoms with Crippen molar-refractivity contribution < 1.29 is 13.9 Å². The Morgan fingerprint density at radius 3 is 2.93 bits per heavy atom. The summed E-state index contributed by atoms with van der Waals surface area (Å²) in [6, 6.07) is 3.37. The van der Waals surface area contributed by atoms with Crippen molar-refractivity contribution in [3.8, 4) is 5.75 Å². The van der Waals surface area contributed by atoms with Crippen LogP contribution in [0.1, 0.15) is 17.2 Å². The Morgan fingerprint density at radius 2 is 2.33 bits per heavy atom. The maximum Gasteiger partial charge on any atom is 0.165 e. The summed E-state index contributed by atoms with van der Waals surface area (Å²) < 4.78 is 24.1. The first-order valence-electron chi connectivity index (χ1n) is 4.88. The third kappa shape index (κ3) is 1.96. The summed E-state index contributed by atoms with van der Waals surface area (Å²) in [6.07, 6.45) is -0.116. The summed E-state index contributed by atoms with van der Waals surface area (Å²) in [6.45, 7) is 3.05. The Bertz CT molecular complexity index is 362. The highest BCUT2D eigenvalue weighted by Gasteiger charge is 2.23. The molecule has 0 spiro atoms. The molecule has 1 unspecified atom stereocenters. The van der Waals surface area contributed by atoms with Gasteiger partial charge >= 0.3 is 0 Å². The van der Waals surface area contributed by atoms with Crippen molar-refractivity contribution >= 4 is 0 Å². The van der Waals surface area contributed by atoms with Crippen LogP contribution >= 0.6 is 0 Å². The van der Waals surface area contributed by atoms with Gasteiger partial charge in [0, 0.05) is 12.1 Å². The Balaban J connectivity index is 2.42. The average molecular weight is 211 g/mol. The van der Waals surface area contributed by atoms with E-state index in [9.17, 15) is 4.39 Å². The molecule has 0 amide bonds. The normalized spacial score (nSPS) is 20.6. The monoisotopic (exact) mass is 211 g/mol. The van der Waals surface area contributed by atoms with Crippen LogP contribution in [0.4, 0.5) is 4.39 Å². The SMILES string of the molecule is COc1c(F)cc(C)cc1C1CNCO1. The van der Waals surface area contributed by atoms with Gasteiger partial charge in [0.05, 0.1) is 13.8 Å². The molecule has 15 heavy (non-hydrogen) atoms. The van der Waals surface area contributed by atoms with Crippen molar-refractivity contribution in [2.45, 2.75) is 13.0 Å². The number of rotatable bonds is 2. The quantitative estimate of drug-likeness (QED) is 0.808. The van der Waals surface area contributed by atoms with Gasteiger partial charge in [-0.05, 0) is 24.6 Å². The minimum Gasteiger partial charge on any atom is -0.493 e. The molecule has 1 saturated heterocycles. The Labute approximate surface area is 88.2 Å². The number of hydrogen-bond donors (Lipinski definition) is 1. The van der Waals surface area contributed by atoms with Gasteiger partial charge < -0.3 is 9.47 Å². The highest BCUT2D eigenvalue weighted by molar-refractivity contribution is 5.40. The van der Waals surface area contributed by atoms with Crippen LogP contribution < -0.4 is 10.1 Å². The van der Waals surface area contributed by atoms with Gasteiger partial charge in [-0.25, -0.2) is 4.39 Å². The van der Waals surface area contributed by atoms with Crippen molar-refractivity contribution in [1.82, 2.24) is 5.32 Å². The highest BCUT2D eigenvalue weighted by Crippen LogP contribution is 2.32. The largest absolute Gasteiger partial charge is 0.493 e. The second-order valence-electron chi connectivity index (χ2n) is 3.62. The minimum absolute atomic E-state index is 0.116. The van der Waals surface area contributed by atoms with E-state index in [0.29, 0.717) is 13.3 Å². The first-order valence-corrected chi connectivity index (χ1v) is 4.88. The fourth-order valence-corrected chi connectivity index (χ4v) is 1.82. The number of hydrogen-bond acceptors (Lipinski definition) is 3. The zero-order chi connectivity index (χ0) is 10.8. The molecule has 0 saturated carbocycles. The van der Waals surface area contributed by atoms with Crippen LogP contribution in [-0.2, 0) is 4.74 Å². The standard InChI is InChI=1S/C11H14FNO2/c1-7-3-8(10-5-13-6-15-10)11(14-2)9(12)4-7/h3-4,10,13H,5-6H2,1-2H3. The summed E-state index contributed by atoms with van der Waals surface area (Å²) in [5, 5.41) is 3.06. The van der Waals surface area contributed by atoms with E-state index >= 15 is 0 Å². The molecule has 4 heteroatoms. The summed E-state index contributed by atoms with van der Waals surface area (Å²) in [7, 11) is 1.47. The van der Waals surface area contributed by atoms with E-state index in [2.05, 4.69) is 5.32 Å². The summed E-state index contributed by atoms with van der Waals surface area (Å²) in [5.74, 6) is -0.0442. The zero-order valence-corrected chi connectivity index (χ0v) is 8.84. The molecule has 82 valence electrons. The van der Waals surface area contributed by atoms with E-state index in [1.54, 1.807) is 0 Å². The number of methoxy groups -OCH3 is 1. The van der Waals surface area contributed by atoms with Gasteiger partial charge in [-0.3, -0.25) is 5.32 Å². The predicted octanol–water partition coefficient (Wildman–Crippen LogP) is 1.76. The molecule has 1 atom stereocenters. The zero-order valence-electron chi connectivity index (χ0n) is 8.84. The molecule has 0 bridgehead atoms. The van der Waals surface area contributed by atoms with Crippen LogP contribution in [0.5, 0.6) is 5.75 Å². The molecule has 0 radical (unpaired) electrons. The number of aryl methyl sites for hydroxylation is 1. The number of halogens is 1. The van der Waals surface area contributed by atoms with E-state index in [4.69, 9.17) is 9.47 Å². The minimum atomic E-state index is -0.331. The summed E-state index contributed by atoms with van der Waals surface area (Å²) >= 11 is 0. The smallest absolute Gasteiger partial charge is 0.165 e. The van der Waals surface area contributed by atoms with E-state index in [1.807, 2.05) is 13.0 Å². The van der Waals surface area contributed by atoms with Crippen molar-refractivity contribution in [3.63, 3.8) is 0 Å². The van der Waals surface area contributed by atoms with Crippen LogP contribution in [0.2, 0.25) is 0 Å². The molecule has 3 nitrogen and oxygen atoms in total. The average Bonchev–Trinajstić information content (AvgIpc) is 2.69. The molecule has 1 aromatic rings. The molecule has 0 aliphatic carbocycles. The lowest BCUT2D eigenvalue weighted by molar-refractivity contribution is 0.111. The molecule has 1 N–H and O–H groups in total. The lowest BCUT2D eigenvalue weighted by atomic mass is 10.0. The Kier molecular flexibility index (Phi) is 2.88. The molecule has 2 rings (SSSR count). The second kappa shape index (κ2) is 4.16. The van der Waals surface area contributed by atoms with E-state index < -0.39 is 0 Å². The number of nitrogens with one attached hydrogen (secondary N) is 1. The summed E-state index contributed by atoms with van der Waals surface area (Å²) in [5.41, 5.74) is 1.65. The molecule has 1 aromatic carbocycles. The molecule has 0 aromatic heterocycles. The first-order chi connectivity index (χ1) is 7.22. The third-order valence-electron chi connectivity index (χ3n) is 2.48. The highest BCUT2D eigenvalue weighted by atomic mass is 19.1. The van der Waals surface area contributed by atoms with Gasteiger partial charge in [-0.15, -0.1) is 0 Å². The fraction of sp³-hybridized carbons (Fsp3) is 0.455. The second-order valence-corrected chi connectivity index (χ2v) is 3.62. The van der Waals surface area contributed by atoms with Crippen LogP contribution in [0.25, 0.3) is 0 Å². The van der Waals surface area contributed by atoms with Crippen LogP contribution in [0.15, 0.2) is 12.1 Å². The first kappa shape index (κ1) is 10.4. The molecule has 1 aliphatic rings. The molecule has 1 fully saturated rings. The Morgan fingerprint density at radius 1 is 1.53 bits per heavy atom. The fourth-order valence-electron chi connectivity index (χ4n) is 1.82. The lowest BCUT2D eigenvalue weighted by Crippen LogP contribution is -2.09. The number of benzene rings is 1. The molecule has 1 heterocycles. The lowest BCUT2D eigenvalue weighted by Gasteiger charge is -2.15. The predicted molar refractivity (Wildman–Crippen MR) is 54.4 cm³/mol. The van der Waals surface area contributed by atoms with E-state index in [-0.39, 0.29) is 17.7 Å². The van der Waals surface area contributed by atoms with Crippen molar-refractivity contribution in [2.24, 2.45) is 0 Å². The maximum atomic E-state index is 13.6. The van der Waals surface area contributed by atoms with Crippen LogP contribution in [-0.4, -0.2) is 20.4 Å². The van der Waals surface area contributed by atoms with Gasteiger partial charge in [0.2, 0.25) is 0 Å². The Hall–Kier alpha value is -1.13. The number of ether oxygens (including phenoxy) is 2. The summed E-state index contributed by atoms with van der Waals surface area (Å²) in [4.78, 5) is 0. The van der Waals surface area contributed by atoms with Gasteiger partial charge in [0.15, 0.2) is 11.6 Å². The van der Waals surface area contributed by atoms with Crippen LogP contribution in [0, 0.1) is 12.7 Å². The van der Waals surface area contributed by atoms with Gasteiger partial charge in [-0.2, -0.15) is 0 Å². The van der Waals surface area contributed by atoms with E-state index in [0.717, 1.165) is 11.1 Å². The molecule has 1 aliphatic heterocycles. The van der Waals surface area contributed by atoms with E-state index in [1.165, 1.54) is 13.2 Å². The molecular weight excluding hydrogens is 197 g/mol.